The average molecular weight is 600 g/mol. The van der Waals surface area contributed by atoms with Crippen molar-refractivity contribution in [2.45, 2.75) is 0 Å². The molecule has 0 N–H and O–H groups in total. The summed E-state index contributed by atoms with van der Waals surface area (Å²) in [7, 11) is 0. The molecule has 0 atom stereocenters. The summed E-state index contributed by atoms with van der Waals surface area (Å²) in [6.45, 7) is 0. The average Bonchev–Trinajstić information content (AvgIpc) is 3.16. The van der Waals surface area contributed by atoms with Gasteiger partial charge in [0.2, 0.25) is 0 Å². The largest absolute Gasteiger partial charge is 0.311 e. The second kappa shape index (κ2) is 12.7. The Labute approximate surface area is 276 Å². The van der Waals surface area contributed by atoms with Crippen LogP contribution in [0.5, 0.6) is 0 Å². The van der Waals surface area contributed by atoms with Crippen LogP contribution in [0, 0.1) is 0 Å². The molecule has 8 rings (SSSR count). The van der Waals surface area contributed by atoms with Gasteiger partial charge in [0.15, 0.2) is 0 Å². The maximum Gasteiger partial charge on any atom is 0.0462 e. The van der Waals surface area contributed by atoms with E-state index in [1.807, 2.05) is 0 Å². The van der Waals surface area contributed by atoms with Gasteiger partial charge in [-0.3, -0.25) is 0 Å². The minimum atomic E-state index is 1.11. The van der Waals surface area contributed by atoms with Crippen molar-refractivity contribution in [1.29, 1.82) is 0 Å². The number of hydrogen-bond acceptors (Lipinski definition) is 1. The van der Waals surface area contributed by atoms with Crippen LogP contribution in [0.4, 0.5) is 17.1 Å². The Kier molecular flexibility index (Phi) is 7.63. The molecule has 0 saturated heterocycles. The molecule has 0 bridgehead atoms. The normalized spacial score (nSPS) is 11.0. The Morgan fingerprint density at radius 2 is 0.638 bits per heavy atom. The van der Waals surface area contributed by atoms with E-state index in [1.54, 1.807) is 0 Å². The second-order valence-electron chi connectivity index (χ2n) is 11.8. The van der Waals surface area contributed by atoms with Gasteiger partial charge in [-0.05, 0) is 97.7 Å². The lowest BCUT2D eigenvalue weighted by atomic mass is 9.97. The molecule has 1 nitrogen and oxygen atoms in total. The molecule has 0 saturated carbocycles. The van der Waals surface area contributed by atoms with Gasteiger partial charge in [0, 0.05) is 17.1 Å². The van der Waals surface area contributed by atoms with Crippen LogP contribution in [0.25, 0.3) is 55.3 Å². The zero-order chi connectivity index (χ0) is 31.4. The summed E-state index contributed by atoms with van der Waals surface area (Å²) in [4.78, 5) is 2.34. The van der Waals surface area contributed by atoms with E-state index in [4.69, 9.17) is 0 Å². The van der Waals surface area contributed by atoms with Crippen LogP contribution in [-0.2, 0) is 0 Å². The molecule has 0 heterocycles. The smallest absolute Gasteiger partial charge is 0.0462 e. The number of anilines is 3. The zero-order valence-corrected chi connectivity index (χ0v) is 26.0. The SMILES string of the molecule is c1ccc(-c2ccc(N(c3ccc(-c4cccc(-c5ccccc5)c4)cc3)c3ccc(-c4cccc5ccccc45)cc3)cc2)cc1. The van der Waals surface area contributed by atoms with Crippen molar-refractivity contribution in [3.05, 3.63) is 200 Å². The molecular weight excluding hydrogens is 567 g/mol. The summed E-state index contributed by atoms with van der Waals surface area (Å²) < 4.78 is 0. The van der Waals surface area contributed by atoms with Crippen molar-refractivity contribution in [2.24, 2.45) is 0 Å². The fourth-order valence-electron chi connectivity index (χ4n) is 6.46. The molecule has 0 aromatic heterocycles. The van der Waals surface area contributed by atoms with E-state index in [-0.39, 0.29) is 0 Å². The zero-order valence-electron chi connectivity index (χ0n) is 26.0. The summed E-state index contributed by atoms with van der Waals surface area (Å²) in [5.41, 5.74) is 13.0. The number of fused-ring (bicyclic) bond motifs is 1. The molecule has 0 fully saturated rings. The van der Waals surface area contributed by atoms with Crippen molar-refractivity contribution in [1.82, 2.24) is 0 Å². The Morgan fingerprint density at radius 1 is 0.255 bits per heavy atom. The third kappa shape index (κ3) is 5.83. The topological polar surface area (TPSA) is 3.24 Å². The lowest BCUT2D eigenvalue weighted by Gasteiger charge is -2.26. The van der Waals surface area contributed by atoms with Gasteiger partial charge < -0.3 is 4.90 Å². The summed E-state index contributed by atoms with van der Waals surface area (Å²) in [6, 6.07) is 71.8. The van der Waals surface area contributed by atoms with E-state index in [0.29, 0.717) is 0 Å². The van der Waals surface area contributed by atoms with Crippen LogP contribution in [0.15, 0.2) is 200 Å². The lowest BCUT2D eigenvalue weighted by molar-refractivity contribution is 1.28. The van der Waals surface area contributed by atoms with E-state index >= 15 is 0 Å². The molecule has 0 aliphatic carbocycles. The Morgan fingerprint density at radius 3 is 1.21 bits per heavy atom. The fourth-order valence-corrected chi connectivity index (χ4v) is 6.46. The second-order valence-corrected chi connectivity index (χ2v) is 11.8. The first-order valence-electron chi connectivity index (χ1n) is 16.1. The molecule has 222 valence electrons. The van der Waals surface area contributed by atoms with Crippen molar-refractivity contribution < 1.29 is 0 Å². The van der Waals surface area contributed by atoms with E-state index in [0.717, 1.165) is 17.1 Å². The standard InChI is InChI=1S/C46H33N/c1-3-11-34(12-4-1)36-21-27-42(28-22-36)47(44-31-25-39(26-32-44)46-20-10-16-38-15-7-8-19-45(38)46)43-29-23-37(24-30-43)41-18-9-17-40(33-41)35-13-5-2-6-14-35/h1-33H. The van der Waals surface area contributed by atoms with Gasteiger partial charge in [-0.2, -0.15) is 0 Å². The third-order valence-corrected chi connectivity index (χ3v) is 8.89. The van der Waals surface area contributed by atoms with E-state index < -0.39 is 0 Å². The van der Waals surface area contributed by atoms with Crippen LogP contribution in [0.1, 0.15) is 0 Å². The lowest BCUT2D eigenvalue weighted by Crippen LogP contribution is -2.09. The van der Waals surface area contributed by atoms with Gasteiger partial charge in [0.1, 0.15) is 0 Å². The van der Waals surface area contributed by atoms with E-state index in [1.165, 1.54) is 55.3 Å². The van der Waals surface area contributed by atoms with Crippen molar-refractivity contribution >= 4 is 27.8 Å². The Balaban J connectivity index is 1.17. The highest BCUT2D eigenvalue weighted by molar-refractivity contribution is 5.97. The van der Waals surface area contributed by atoms with Gasteiger partial charge in [0.05, 0.1) is 0 Å². The maximum atomic E-state index is 2.34. The minimum absolute atomic E-state index is 1.11. The van der Waals surface area contributed by atoms with Crippen LogP contribution < -0.4 is 4.90 Å². The Bertz CT molecular complexity index is 2250. The van der Waals surface area contributed by atoms with Crippen LogP contribution >= 0.6 is 0 Å². The number of benzene rings is 8. The first kappa shape index (κ1) is 28.3. The molecule has 0 amide bonds. The van der Waals surface area contributed by atoms with Gasteiger partial charge in [-0.25, -0.2) is 0 Å². The molecule has 0 unspecified atom stereocenters. The third-order valence-electron chi connectivity index (χ3n) is 8.89. The number of nitrogens with zero attached hydrogens (tertiary/aromatic N) is 1. The maximum absolute atomic E-state index is 2.34. The Hall–Kier alpha value is -6.18. The number of hydrogen-bond donors (Lipinski definition) is 0. The van der Waals surface area contributed by atoms with Gasteiger partial charge in [-0.1, -0.05) is 158 Å². The predicted octanol–water partition coefficient (Wildman–Crippen LogP) is 13.0. The summed E-state index contributed by atoms with van der Waals surface area (Å²) in [6.07, 6.45) is 0. The highest BCUT2D eigenvalue weighted by Crippen LogP contribution is 2.38. The van der Waals surface area contributed by atoms with E-state index in [9.17, 15) is 0 Å². The van der Waals surface area contributed by atoms with Gasteiger partial charge >= 0.3 is 0 Å². The fraction of sp³-hybridized carbons (Fsp3) is 0. The summed E-state index contributed by atoms with van der Waals surface area (Å²) in [5.74, 6) is 0. The molecule has 0 aliphatic heterocycles. The van der Waals surface area contributed by atoms with Gasteiger partial charge in [-0.15, -0.1) is 0 Å². The molecule has 0 spiro atoms. The molecule has 8 aromatic rings. The summed E-state index contributed by atoms with van der Waals surface area (Å²) >= 11 is 0. The summed E-state index contributed by atoms with van der Waals surface area (Å²) in [5, 5.41) is 2.52. The monoisotopic (exact) mass is 599 g/mol. The van der Waals surface area contributed by atoms with Gasteiger partial charge in [0.25, 0.3) is 0 Å². The van der Waals surface area contributed by atoms with E-state index in [2.05, 4.69) is 205 Å². The van der Waals surface area contributed by atoms with Crippen LogP contribution in [0.2, 0.25) is 0 Å². The van der Waals surface area contributed by atoms with Crippen molar-refractivity contribution in [3.8, 4) is 44.5 Å². The highest BCUT2D eigenvalue weighted by Gasteiger charge is 2.14. The molecule has 47 heavy (non-hydrogen) atoms. The highest BCUT2D eigenvalue weighted by atomic mass is 15.1. The predicted molar refractivity (Wildman–Crippen MR) is 200 cm³/mol. The minimum Gasteiger partial charge on any atom is -0.311 e. The first-order chi connectivity index (χ1) is 23.3. The molecule has 0 radical (unpaired) electrons. The molecule has 0 aliphatic rings. The van der Waals surface area contributed by atoms with Crippen molar-refractivity contribution in [2.75, 3.05) is 4.90 Å². The quantitative estimate of drug-likeness (QED) is 0.176. The van der Waals surface area contributed by atoms with Crippen LogP contribution in [-0.4, -0.2) is 0 Å². The number of rotatable bonds is 7. The first-order valence-corrected chi connectivity index (χ1v) is 16.1. The van der Waals surface area contributed by atoms with Crippen molar-refractivity contribution in [3.63, 3.8) is 0 Å². The molecular formula is C46H33N. The van der Waals surface area contributed by atoms with Crippen LogP contribution in [0.3, 0.4) is 0 Å². The molecule has 1 heteroatoms. The molecule has 8 aromatic carbocycles.